The van der Waals surface area contributed by atoms with Crippen molar-refractivity contribution in [3.05, 3.63) is 0 Å². The normalized spacial score (nSPS) is 19.5. The van der Waals surface area contributed by atoms with Crippen molar-refractivity contribution in [2.75, 3.05) is 18.8 Å². The number of hydrogen-bond acceptors (Lipinski definition) is 3. The highest BCUT2D eigenvalue weighted by Gasteiger charge is 2.13. The standard InChI is InChI=1S/C7H15NS2/c1-7(2)6-9-10-8-4-3-5-8/h7H,3-6H2,1-2H3. The van der Waals surface area contributed by atoms with Gasteiger partial charge in [-0.2, -0.15) is 0 Å². The summed E-state index contributed by atoms with van der Waals surface area (Å²) >= 11 is 0. The van der Waals surface area contributed by atoms with Crippen LogP contribution in [0.2, 0.25) is 0 Å². The second-order valence-corrected chi connectivity index (χ2v) is 5.42. The van der Waals surface area contributed by atoms with E-state index in [2.05, 4.69) is 18.2 Å². The topological polar surface area (TPSA) is 3.24 Å². The molecule has 0 atom stereocenters. The molecule has 0 unspecified atom stereocenters. The van der Waals surface area contributed by atoms with Crippen molar-refractivity contribution in [2.24, 2.45) is 5.92 Å². The van der Waals surface area contributed by atoms with E-state index in [9.17, 15) is 0 Å². The van der Waals surface area contributed by atoms with Crippen LogP contribution in [0.3, 0.4) is 0 Å². The molecular formula is C7H15NS2. The Kier molecular flexibility index (Phi) is 3.96. The summed E-state index contributed by atoms with van der Waals surface area (Å²) in [5.74, 6) is 2.11. The van der Waals surface area contributed by atoms with Crippen LogP contribution in [0.15, 0.2) is 0 Å². The van der Waals surface area contributed by atoms with Crippen LogP contribution < -0.4 is 0 Å². The van der Waals surface area contributed by atoms with Gasteiger partial charge < -0.3 is 0 Å². The van der Waals surface area contributed by atoms with E-state index in [-0.39, 0.29) is 0 Å². The highest BCUT2D eigenvalue weighted by Crippen LogP contribution is 2.31. The SMILES string of the molecule is CC(C)CSSN1CCC1. The van der Waals surface area contributed by atoms with E-state index in [1.807, 2.05) is 21.8 Å². The van der Waals surface area contributed by atoms with Gasteiger partial charge in [-0.05, 0) is 23.3 Å². The molecule has 1 fully saturated rings. The van der Waals surface area contributed by atoms with Crippen molar-refractivity contribution in [2.45, 2.75) is 20.3 Å². The lowest BCUT2D eigenvalue weighted by molar-refractivity contribution is 0.347. The predicted molar refractivity (Wildman–Crippen MR) is 51.1 cm³/mol. The van der Waals surface area contributed by atoms with Gasteiger partial charge in [-0.1, -0.05) is 24.6 Å². The quantitative estimate of drug-likeness (QED) is 0.480. The molecule has 1 aliphatic rings. The average Bonchev–Trinajstić information content (AvgIpc) is 1.75. The van der Waals surface area contributed by atoms with Crippen molar-refractivity contribution >= 4 is 21.8 Å². The van der Waals surface area contributed by atoms with Gasteiger partial charge in [-0.15, -0.1) is 0 Å². The Labute approximate surface area is 71.5 Å². The minimum atomic E-state index is 0.832. The van der Waals surface area contributed by atoms with Gasteiger partial charge >= 0.3 is 0 Å². The Morgan fingerprint density at radius 1 is 1.40 bits per heavy atom. The van der Waals surface area contributed by atoms with Crippen LogP contribution in [0, 0.1) is 5.92 Å². The fourth-order valence-electron chi connectivity index (χ4n) is 0.603. The fraction of sp³-hybridized carbons (Fsp3) is 1.00. The first-order valence-electron chi connectivity index (χ1n) is 3.83. The summed E-state index contributed by atoms with van der Waals surface area (Å²) in [5, 5.41) is 0. The molecule has 1 saturated heterocycles. The Bertz CT molecular complexity index is 91.6. The molecule has 0 N–H and O–H groups in total. The highest BCUT2D eigenvalue weighted by atomic mass is 33.1. The first kappa shape index (κ1) is 8.75. The zero-order valence-electron chi connectivity index (χ0n) is 6.67. The van der Waals surface area contributed by atoms with Crippen LogP contribution in [0.4, 0.5) is 0 Å². The van der Waals surface area contributed by atoms with Crippen LogP contribution in [0.5, 0.6) is 0 Å². The zero-order chi connectivity index (χ0) is 7.40. The second kappa shape index (κ2) is 4.52. The van der Waals surface area contributed by atoms with Gasteiger partial charge in [0.2, 0.25) is 0 Å². The summed E-state index contributed by atoms with van der Waals surface area (Å²) in [4.78, 5) is 0. The largest absolute Gasteiger partial charge is 0.241 e. The van der Waals surface area contributed by atoms with Gasteiger partial charge in [0, 0.05) is 18.8 Å². The predicted octanol–water partition coefficient (Wildman–Crippen LogP) is 2.64. The number of nitrogens with zero attached hydrogens (tertiary/aromatic N) is 1. The van der Waals surface area contributed by atoms with Gasteiger partial charge in [-0.25, -0.2) is 4.31 Å². The van der Waals surface area contributed by atoms with Crippen LogP contribution in [0.25, 0.3) is 0 Å². The molecule has 0 spiro atoms. The van der Waals surface area contributed by atoms with Crippen molar-refractivity contribution in [3.8, 4) is 0 Å². The molecule has 60 valence electrons. The van der Waals surface area contributed by atoms with Crippen LogP contribution in [-0.4, -0.2) is 23.1 Å². The van der Waals surface area contributed by atoms with E-state index in [0.29, 0.717) is 0 Å². The van der Waals surface area contributed by atoms with E-state index in [1.54, 1.807) is 0 Å². The van der Waals surface area contributed by atoms with E-state index < -0.39 is 0 Å². The van der Waals surface area contributed by atoms with Crippen molar-refractivity contribution < 1.29 is 0 Å². The van der Waals surface area contributed by atoms with Crippen molar-refractivity contribution in [1.82, 2.24) is 4.31 Å². The third-order valence-corrected chi connectivity index (χ3v) is 4.22. The second-order valence-electron chi connectivity index (χ2n) is 3.04. The van der Waals surface area contributed by atoms with Gasteiger partial charge in [0.25, 0.3) is 0 Å². The molecule has 1 rings (SSSR count). The third-order valence-electron chi connectivity index (χ3n) is 1.37. The van der Waals surface area contributed by atoms with Crippen molar-refractivity contribution in [1.29, 1.82) is 0 Å². The minimum absolute atomic E-state index is 0.832. The molecule has 3 heteroatoms. The lowest BCUT2D eigenvalue weighted by Crippen LogP contribution is -2.29. The lowest BCUT2D eigenvalue weighted by Gasteiger charge is -2.28. The fourth-order valence-corrected chi connectivity index (χ4v) is 3.39. The van der Waals surface area contributed by atoms with Crippen LogP contribution in [0.1, 0.15) is 20.3 Å². The van der Waals surface area contributed by atoms with Crippen LogP contribution >= 0.6 is 21.8 Å². The number of hydrogen-bond donors (Lipinski definition) is 0. The molecule has 1 heterocycles. The lowest BCUT2D eigenvalue weighted by atomic mass is 10.3. The zero-order valence-corrected chi connectivity index (χ0v) is 8.30. The maximum atomic E-state index is 2.42. The van der Waals surface area contributed by atoms with E-state index in [0.717, 1.165) is 5.92 Å². The first-order chi connectivity index (χ1) is 4.79. The summed E-state index contributed by atoms with van der Waals surface area (Å²) in [6.07, 6.45) is 1.40. The molecule has 0 aromatic carbocycles. The molecule has 0 aromatic heterocycles. The molecule has 0 amide bonds. The molecule has 0 bridgehead atoms. The average molecular weight is 177 g/mol. The third kappa shape index (κ3) is 3.17. The molecule has 0 aliphatic carbocycles. The summed E-state index contributed by atoms with van der Waals surface area (Å²) in [5.41, 5.74) is 0. The molecule has 1 nitrogen and oxygen atoms in total. The van der Waals surface area contributed by atoms with Gasteiger partial charge in [0.05, 0.1) is 0 Å². The van der Waals surface area contributed by atoms with E-state index >= 15 is 0 Å². The van der Waals surface area contributed by atoms with Gasteiger partial charge in [0.1, 0.15) is 0 Å². The molecule has 10 heavy (non-hydrogen) atoms. The summed E-state index contributed by atoms with van der Waals surface area (Å²) in [6, 6.07) is 0. The minimum Gasteiger partial charge on any atom is -0.241 e. The summed E-state index contributed by atoms with van der Waals surface area (Å²) in [7, 11) is 3.93. The molecular weight excluding hydrogens is 162 g/mol. The molecule has 0 aromatic rings. The summed E-state index contributed by atoms with van der Waals surface area (Å²) in [6.45, 7) is 7.14. The smallest absolute Gasteiger partial charge is 0.0110 e. The van der Waals surface area contributed by atoms with E-state index in [4.69, 9.17) is 0 Å². The Balaban J connectivity index is 1.85. The Hall–Kier alpha value is 0.660. The highest BCUT2D eigenvalue weighted by molar-refractivity contribution is 8.75. The molecule has 0 saturated carbocycles. The van der Waals surface area contributed by atoms with Crippen molar-refractivity contribution in [3.63, 3.8) is 0 Å². The maximum absolute atomic E-state index is 2.42. The molecule has 1 aliphatic heterocycles. The summed E-state index contributed by atoms with van der Waals surface area (Å²) < 4.78 is 2.42. The maximum Gasteiger partial charge on any atom is 0.0110 e. The Morgan fingerprint density at radius 3 is 2.50 bits per heavy atom. The first-order valence-corrected chi connectivity index (χ1v) is 6.11. The Morgan fingerprint density at radius 2 is 2.10 bits per heavy atom. The van der Waals surface area contributed by atoms with Crippen LogP contribution in [-0.2, 0) is 0 Å². The molecule has 0 radical (unpaired) electrons. The monoisotopic (exact) mass is 177 g/mol. The van der Waals surface area contributed by atoms with Gasteiger partial charge in [-0.3, -0.25) is 0 Å². The number of rotatable bonds is 4. The van der Waals surface area contributed by atoms with E-state index in [1.165, 1.54) is 25.3 Å². The van der Waals surface area contributed by atoms with Gasteiger partial charge in [0.15, 0.2) is 0 Å².